The van der Waals surface area contributed by atoms with Gasteiger partial charge < -0.3 is 0 Å². The van der Waals surface area contributed by atoms with Gasteiger partial charge in [0.15, 0.2) is 0 Å². The molecule has 2 aromatic carbocycles. The van der Waals surface area contributed by atoms with E-state index < -0.39 is 11.7 Å². The van der Waals surface area contributed by atoms with Crippen molar-refractivity contribution in [1.29, 1.82) is 0 Å². The van der Waals surface area contributed by atoms with Crippen LogP contribution in [0.25, 0.3) is 11.6 Å². The van der Waals surface area contributed by atoms with Crippen LogP contribution in [-0.4, -0.2) is 0 Å². The molecule has 3 rings (SSSR count). The summed E-state index contributed by atoms with van der Waals surface area (Å²) in [6, 6.07) is 14.1. The van der Waals surface area contributed by atoms with E-state index in [0.717, 1.165) is 34.8 Å². The molecule has 1 saturated carbocycles. The van der Waals surface area contributed by atoms with E-state index in [1.807, 2.05) is 13.0 Å². The topological polar surface area (TPSA) is 0 Å². The molecule has 2 aromatic rings. The monoisotopic (exact) mass is 414 g/mol. The quantitative estimate of drug-likeness (QED) is 0.313. The molecule has 0 unspecified atom stereocenters. The second-order valence-electron chi connectivity index (χ2n) is 8.78. The van der Waals surface area contributed by atoms with Gasteiger partial charge in [0.1, 0.15) is 0 Å². The molecular formula is C27H33F3. The highest BCUT2D eigenvalue weighted by atomic mass is 19.4. The van der Waals surface area contributed by atoms with E-state index in [4.69, 9.17) is 0 Å². The van der Waals surface area contributed by atoms with E-state index in [0.29, 0.717) is 5.92 Å². The minimum Gasteiger partial charge on any atom is -0.166 e. The molecule has 0 aliphatic heterocycles. The Morgan fingerprint density at radius 1 is 0.900 bits per heavy atom. The van der Waals surface area contributed by atoms with Crippen LogP contribution >= 0.6 is 0 Å². The Kier molecular flexibility index (Phi) is 7.80. The molecular weight excluding hydrogens is 381 g/mol. The van der Waals surface area contributed by atoms with E-state index in [-0.39, 0.29) is 0 Å². The Hall–Kier alpha value is -2.03. The lowest BCUT2D eigenvalue weighted by Crippen LogP contribution is -2.13. The van der Waals surface area contributed by atoms with Crippen molar-refractivity contribution in [1.82, 2.24) is 0 Å². The van der Waals surface area contributed by atoms with Crippen LogP contribution in [0.2, 0.25) is 0 Å². The standard InChI is InChI=1S/C27H33F3/c1-3-4-5-6-21-7-11-24(12-8-21)25-13-9-22(10-14-25)19-20(2)23-15-17-26(18-16-23)27(28,29)30/h9-10,13-19,21,24H,3-8,11-12H2,1-2H3. The first kappa shape index (κ1) is 22.7. The van der Waals surface area contributed by atoms with Crippen molar-refractivity contribution in [3.05, 3.63) is 70.8 Å². The average Bonchev–Trinajstić information content (AvgIpc) is 2.74. The fourth-order valence-corrected chi connectivity index (χ4v) is 4.59. The summed E-state index contributed by atoms with van der Waals surface area (Å²) in [6.45, 7) is 4.21. The fraction of sp³-hybridized carbons (Fsp3) is 0.481. The summed E-state index contributed by atoms with van der Waals surface area (Å²) in [5.74, 6) is 1.59. The van der Waals surface area contributed by atoms with Crippen molar-refractivity contribution < 1.29 is 13.2 Å². The summed E-state index contributed by atoms with van der Waals surface area (Å²) >= 11 is 0. The second-order valence-corrected chi connectivity index (χ2v) is 8.78. The molecule has 1 aliphatic carbocycles. The van der Waals surface area contributed by atoms with E-state index >= 15 is 0 Å². The lowest BCUT2D eigenvalue weighted by atomic mass is 9.77. The Morgan fingerprint density at radius 3 is 2.10 bits per heavy atom. The van der Waals surface area contributed by atoms with Crippen LogP contribution < -0.4 is 0 Å². The highest BCUT2D eigenvalue weighted by Crippen LogP contribution is 2.38. The van der Waals surface area contributed by atoms with Gasteiger partial charge in [-0.25, -0.2) is 0 Å². The maximum absolute atomic E-state index is 12.7. The number of alkyl halides is 3. The minimum absolute atomic E-state index is 0.608. The van der Waals surface area contributed by atoms with Gasteiger partial charge in [-0.05, 0) is 78.8 Å². The molecule has 0 spiro atoms. The van der Waals surface area contributed by atoms with Gasteiger partial charge in [-0.2, -0.15) is 13.2 Å². The number of halogens is 3. The summed E-state index contributed by atoms with van der Waals surface area (Å²) < 4.78 is 38.2. The highest BCUT2D eigenvalue weighted by Gasteiger charge is 2.30. The summed E-state index contributed by atoms with van der Waals surface area (Å²) in [6.07, 6.45) is 8.46. The molecule has 0 atom stereocenters. The summed E-state index contributed by atoms with van der Waals surface area (Å²) in [4.78, 5) is 0. The zero-order chi connectivity index (χ0) is 21.6. The number of allylic oxidation sites excluding steroid dienone is 1. The normalized spacial score (nSPS) is 20.4. The molecule has 1 fully saturated rings. The summed E-state index contributed by atoms with van der Waals surface area (Å²) in [5.41, 5.74) is 3.68. The predicted molar refractivity (Wildman–Crippen MR) is 120 cm³/mol. The van der Waals surface area contributed by atoms with Crippen molar-refractivity contribution in [2.24, 2.45) is 5.92 Å². The van der Waals surface area contributed by atoms with Crippen molar-refractivity contribution >= 4 is 11.6 Å². The maximum Gasteiger partial charge on any atom is 0.416 e. The van der Waals surface area contributed by atoms with E-state index in [1.165, 1.54) is 56.9 Å². The number of hydrogen-bond donors (Lipinski definition) is 0. The van der Waals surface area contributed by atoms with Gasteiger partial charge in [-0.3, -0.25) is 0 Å². The lowest BCUT2D eigenvalue weighted by Gasteiger charge is -2.29. The molecule has 0 radical (unpaired) electrons. The molecule has 0 N–H and O–H groups in total. The van der Waals surface area contributed by atoms with Crippen molar-refractivity contribution in [3.8, 4) is 0 Å². The SMILES string of the molecule is CCCCCC1CCC(c2ccc(C=C(C)c3ccc(C(F)(F)F)cc3)cc2)CC1. The van der Waals surface area contributed by atoms with Crippen LogP contribution in [0, 0.1) is 5.92 Å². The average molecular weight is 415 g/mol. The zero-order valence-corrected chi connectivity index (χ0v) is 18.1. The van der Waals surface area contributed by atoms with Gasteiger partial charge in [0.05, 0.1) is 5.56 Å². The number of benzene rings is 2. The van der Waals surface area contributed by atoms with Gasteiger partial charge in [0.2, 0.25) is 0 Å². The van der Waals surface area contributed by atoms with Crippen LogP contribution in [0.5, 0.6) is 0 Å². The van der Waals surface area contributed by atoms with Crippen LogP contribution in [-0.2, 0) is 6.18 Å². The third kappa shape index (κ3) is 6.23. The maximum atomic E-state index is 12.7. The molecule has 0 aromatic heterocycles. The Balaban J connectivity index is 1.58. The van der Waals surface area contributed by atoms with Crippen molar-refractivity contribution in [2.45, 2.75) is 77.3 Å². The minimum atomic E-state index is -4.29. The number of rotatable bonds is 7. The predicted octanol–water partition coefficient (Wildman–Crippen LogP) is 9.12. The molecule has 3 heteroatoms. The lowest BCUT2D eigenvalue weighted by molar-refractivity contribution is -0.137. The molecule has 30 heavy (non-hydrogen) atoms. The van der Waals surface area contributed by atoms with Gasteiger partial charge in [-0.1, -0.05) is 75.1 Å². The molecule has 1 aliphatic rings. The first-order valence-electron chi connectivity index (χ1n) is 11.3. The van der Waals surface area contributed by atoms with Gasteiger partial charge in [0, 0.05) is 0 Å². The molecule has 0 nitrogen and oxygen atoms in total. The highest BCUT2D eigenvalue weighted by molar-refractivity contribution is 5.80. The first-order valence-corrected chi connectivity index (χ1v) is 11.3. The number of hydrogen-bond acceptors (Lipinski definition) is 0. The second kappa shape index (κ2) is 10.3. The number of unbranched alkanes of at least 4 members (excludes halogenated alkanes) is 2. The van der Waals surface area contributed by atoms with Gasteiger partial charge >= 0.3 is 6.18 Å². The van der Waals surface area contributed by atoms with Crippen molar-refractivity contribution in [2.75, 3.05) is 0 Å². The van der Waals surface area contributed by atoms with Gasteiger partial charge in [-0.15, -0.1) is 0 Å². The van der Waals surface area contributed by atoms with E-state index in [9.17, 15) is 13.2 Å². The fourth-order valence-electron chi connectivity index (χ4n) is 4.59. The van der Waals surface area contributed by atoms with Crippen LogP contribution in [0.3, 0.4) is 0 Å². The molecule has 0 heterocycles. The smallest absolute Gasteiger partial charge is 0.166 e. The van der Waals surface area contributed by atoms with Crippen LogP contribution in [0.1, 0.15) is 93.4 Å². The third-order valence-electron chi connectivity index (χ3n) is 6.52. The van der Waals surface area contributed by atoms with Crippen LogP contribution in [0.4, 0.5) is 13.2 Å². The molecule has 0 bridgehead atoms. The third-order valence-corrected chi connectivity index (χ3v) is 6.52. The Morgan fingerprint density at radius 2 is 1.53 bits per heavy atom. The summed E-state index contributed by atoms with van der Waals surface area (Å²) in [5, 5.41) is 0. The molecule has 0 saturated heterocycles. The first-order chi connectivity index (χ1) is 14.4. The van der Waals surface area contributed by atoms with Crippen LogP contribution in [0.15, 0.2) is 48.5 Å². The molecule has 0 amide bonds. The van der Waals surface area contributed by atoms with Crippen molar-refractivity contribution in [3.63, 3.8) is 0 Å². The Bertz CT molecular complexity index is 805. The Labute approximate surface area is 179 Å². The largest absolute Gasteiger partial charge is 0.416 e. The van der Waals surface area contributed by atoms with Gasteiger partial charge in [0.25, 0.3) is 0 Å². The van der Waals surface area contributed by atoms with E-state index in [1.54, 1.807) is 12.1 Å². The summed E-state index contributed by atoms with van der Waals surface area (Å²) in [7, 11) is 0. The molecule has 162 valence electrons. The van der Waals surface area contributed by atoms with E-state index in [2.05, 4.69) is 31.2 Å². The zero-order valence-electron chi connectivity index (χ0n) is 18.1.